The Balaban J connectivity index is 2.20. The molecule has 0 saturated carbocycles. The van der Waals surface area contributed by atoms with Crippen molar-refractivity contribution in [2.45, 2.75) is 26.3 Å². The van der Waals surface area contributed by atoms with Gasteiger partial charge in [0.1, 0.15) is 0 Å². The molecule has 3 nitrogen and oxygen atoms in total. The van der Waals surface area contributed by atoms with Crippen molar-refractivity contribution in [1.29, 1.82) is 0 Å². The van der Waals surface area contributed by atoms with Crippen LogP contribution in [0, 0.1) is 5.41 Å². The van der Waals surface area contributed by atoms with Crippen LogP contribution >= 0.6 is 23.2 Å². The second-order valence-corrected chi connectivity index (χ2v) is 6.19. The van der Waals surface area contributed by atoms with Gasteiger partial charge in [-0.2, -0.15) is 0 Å². The molecule has 104 valence electrons. The molecule has 0 radical (unpaired) electrons. The van der Waals surface area contributed by atoms with Crippen LogP contribution < -0.4 is 0 Å². The van der Waals surface area contributed by atoms with E-state index in [-0.39, 0.29) is 6.04 Å². The molecule has 1 aromatic rings. The van der Waals surface area contributed by atoms with Crippen LogP contribution in [0.2, 0.25) is 10.0 Å². The Morgan fingerprint density at radius 3 is 2.74 bits per heavy atom. The van der Waals surface area contributed by atoms with Crippen molar-refractivity contribution >= 4 is 29.2 Å². The highest BCUT2D eigenvalue weighted by Crippen LogP contribution is 2.38. The van der Waals surface area contributed by atoms with Crippen LogP contribution in [0.15, 0.2) is 18.2 Å². The Kier molecular flexibility index (Phi) is 4.09. The van der Waals surface area contributed by atoms with E-state index in [0.29, 0.717) is 23.0 Å². The lowest BCUT2D eigenvalue weighted by Gasteiger charge is -2.27. The van der Waals surface area contributed by atoms with Crippen molar-refractivity contribution in [2.75, 3.05) is 13.1 Å². The summed E-state index contributed by atoms with van der Waals surface area (Å²) in [5.41, 5.74) is 0.281. The van der Waals surface area contributed by atoms with E-state index in [4.69, 9.17) is 23.2 Å². The molecule has 19 heavy (non-hydrogen) atoms. The lowest BCUT2D eigenvalue weighted by molar-refractivity contribution is -0.147. The predicted octanol–water partition coefficient (Wildman–Crippen LogP) is 3.85. The number of carboxylic acid groups (broad SMARTS) is 1. The molecule has 0 bridgehead atoms. The Morgan fingerprint density at radius 2 is 2.16 bits per heavy atom. The minimum Gasteiger partial charge on any atom is -0.481 e. The summed E-state index contributed by atoms with van der Waals surface area (Å²) < 4.78 is 0. The van der Waals surface area contributed by atoms with Gasteiger partial charge >= 0.3 is 5.97 Å². The van der Waals surface area contributed by atoms with Gasteiger partial charge in [0.15, 0.2) is 0 Å². The maximum Gasteiger partial charge on any atom is 0.310 e. The minimum absolute atomic E-state index is 0.0624. The highest BCUT2D eigenvalue weighted by molar-refractivity contribution is 6.42. The van der Waals surface area contributed by atoms with Crippen molar-refractivity contribution in [2.24, 2.45) is 5.41 Å². The number of benzene rings is 1. The standard InChI is InChI=1S/C14H17Cl2NO2/c1-9(10-4-3-5-11(15)12(10)16)17-7-6-14(2,8-17)13(18)19/h3-5,9H,6-8H2,1-2H3,(H,18,19). The van der Waals surface area contributed by atoms with Gasteiger partial charge in [-0.05, 0) is 38.4 Å². The summed E-state index contributed by atoms with van der Waals surface area (Å²) >= 11 is 12.3. The molecule has 2 rings (SSSR count). The van der Waals surface area contributed by atoms with Crippen LogP contribution in [-0.2, 0) is 4.79 Å². The molecule has 2 unspecified atom stereocenters. The number of hydrogen-bond acceptors (Lipinski definition) is 2. The predicted molar refractivity (Wildman–Crippen MR) is 76.8 cm³/mol. The summed E-state index contributed by atoms with van der Waals surface area (Å²) in [6.07, 6.45) is 0.658. The lowest BCUT2D eigenvalue weighted by atomic mass is 9.90. The van der Waals surface area contributed by atoms with Crippen molar-refractivity contribution in [3.63, 3.8) is 0 Å². The summed E-state index contributed by atoms with van der Waals surface area (Å²) in [5.74, 6) is -0.737. The molecule has 1 fully saturated rings. The van der Waals surface area contributed by atoms with Crippen LogP contribution in [0.25, 0.3) is 0 Å². The highest BCUT2D eigenvalue weighted by atomic mass is 35.5. The monoisotopic (exact) mass is 301 g/mol. The lowest BCUT2D eigenvalue weighted by Crippen LogP contribution is -2.33. The van der Waals surface area contributed by atoms with E-state index in [1.807, 2.05) is 19.1 Å². The van der Waals surface area contributed by atoms with Crippen LogP contribution in [0.3, 0.4) is 0 Å². The summed E-state index contributed by atoms with van der Waals surface area (Å²) in [6, 6.07) is 5.63. The zero-order chi connectivity index (χ0) is 14.2. The maximum atomic E-state index is 11.3. The van der Waals surface area contributed by atoms with E-state index < -0.39 is 11.4 Å². The SMILES string of the molecule is CC(c1cccc(Cl)c1Cl)N1CCC(C)(C(=O)O)C1. The summed E-state index contributed by atoms with van der Waals surface area (Å²) in [5, 5.41) is 10.4. The molecule has 0 aromatic heterocycles. The molecule has 0 amide bonds. The Labute approximate surface area is 123 Å². The normalized spacial score (nSPS) is 25.5. The van der Waals surface area contributed by atoms with E-state index in [0.717, 1.165) is 12.1 Å². The van der Waals surface area contributed by atoms with Gasteiger partial charge in [-0.1, -0.05) is 35.3 Å². The fraction of sp³-hybridized carbons (Fsp3) is 0.500. The van der Waals surface area contributed by atoms with E-state index in [1.54, 1.807) is 13.0 Å². The molecule has 1 aromatic carbocycles. The molecule has 1 saturated heterocycles. The Morgan fingerprint density at radius 1 is 1.47 bits per heavy atom. The molecule has 2 atom stereocenters. The fourth-order valence-electron chi connectivity index (χ4n) is 2.54. The molecule has 0 spiro atoms. The molecular weight excluding hydrogens is 285 g/mol. The largest absolute Gasteiger partial charge is 0.481 e. The van der Waals surface area contributed by atoms with Gasteiger partial charge in [-0.15, -0.1) is 0 Å². The van der Waals surface area contributed by atoms with Crippen molar-refractivity contribution < 1.29 is 9.90 Å². The number of halogens is 2. The van der Waals surface area contributed by atoms with Crippen molar-refractivity contribution in [1.82, 2.24) is 4.90 Å². The van der Waals surface area contributed by atoms with E-state index in [2.05, 4.69) is 4.90 Å². The van der Waals surface area contributed by atoms with Gasteiger partial charge < -0.3 is 5.11 Å². The average molecular weight is 302 g/mol. The van der Waals surface area contributed by atoms with Crippen LogP contribution in [0.4, 0.5) is 0 Å². The number of rotatable bonds is 3. The Bertz CT molecular complexity index is 506. The Hall–Kier alpha value is -0.770. The van der Waals surface area contributed by atoms with Gasteiger partial charge in [-0.3, -0.25) is 9.69 Å². The first-order valence-electron chi connectivity index (χ1n) is 6.26. The van der Waals surface area contributed by atoms with E-state index >= 15 is 0 Å². The van der Waals surface area contributed by atoms with Crippen molar-refractivity contribution in [3.8, 4) is 0 Å². The second kappa shape index (κ2) is 5.31. The molecule has 1 N–H and O–H groups in total. The first-order chi connectivity index (χ1) is 8.85. The third-order valence-electron chi connectivity index (χ3n) is 4.00. The number of carbonyl (C=O) groups is 1. The number of aliphatic carboxylic acids is 1. The zero-order valence-corrected chi connectivity index (χ0v) is 12.5. The molecule has 1 aliphatic heterocycles. The first kappa shape index (κ1) is 14.6. The number of nitrogens with zero attached hydrogens (tertiary/aromatic N) is 1. The van der Waals surface area contributed by atoms with Crippen molar-refractivity contribution in [3.05, 3.63) is 33.8 Å². The zero-order valence-electron chi connectivity index (χ0n) is 11.0. The number of hydrogen-bond donors (Lipinski definition) is 1. The van der Waals surface area contributed by atoms with Gasteiger partial charge in [0, 0.05) is 12.6 Å². The third-order valence-corrected chi connectivity index (χ3v) is 4.83. The molecule has 1 aliphatic rings. The molecular formula is C14H17Cl2NO2. The van der Waals surface area contributed by atoms with Crippen LogP contribution in [0.5, 0.6) is 0 Å². The second-order valence-electron chi connectivity index (χ2n) is 5.41. The summed E-state index contributed by atoms with van der Waals surface area (Å²) in [7, 11) is 0. The highest BCUT2D eigenvalue weighted by Gasteiger charge is 2.42. The summed E-state index contributed by atoms with van der Waals surface area (Å²) in [4.78, 5) is 13.4. The van der Waals surface area contributed by atoms with E-state index in [1.165, 1.54) is 0 Å². The fourth-order valence-corrected chi connectivity index (χ4v) is 3.01. The first-order valence-corrected chi connectivity index (χ1v) is 7.02. The molecule has 1 heterocycles. The quantitative estimate of drug-likeness (QED) is 0.922. The number of likely N-dealkylation sites (tertiary alicyclic amines) is 1. The van der Waals surface area contributed by atoms with Gasteiger partial charge in [-0.25, -0.2) is 0 Å². The minimum atomic E-state index is -0.737. The van der Waals surface area contributed by atoms with E-state index in [9.17, 15) is 9.90 Å². The number of carboxylic acids is 1. The summed E-state index contributed by atoms with van der Waals surface area (Å²) in [6.45, 7) is 5.12. The molecule has 5 heteroatoms. The van der Waals surface area contributed by atoms with Gasteiger partial charge in [0.05, 0.1) is 15.5 Å². The van der Waals surface area contributed by atoms with Crippen LogP contribution in [-0.4, -0.2) is 29.1 Å². The van der Waals surface area contributed by atoms with Gasteiger partial charge in [0.2, 0.25) is 0 Å². The molecule has 0 aliphatic carbocycles. The maximum absolute atomic E-state index is 11.3. The smallest absolute Gasteiger partial charge is 0.310 e. The van der Waals surface area contributed by atoms with Crippen LogP contribution in [0.1, 0.15) is 31.9 Å². The van der Waals surface area contributed by atoms with Gasteiger partial charge in [0.25, 0.3) is 0 Å². The average Bonchev–Trinajstić information content (AvgIpc) is 2.76. The third kappa shape index (κ3) is 2.73. The topological polar surface area (TPSA) is 40.5 Å².